The van der Waals surface area contributed by atoms with Gasteiger partial charge in [0.1, 0.15) is 6.07 Å². The fourth-order valence-corrected chi connectivity index (χ4v) is 2.44. The van der Waals surface area contributed by atoms with Crippen molar-refractivity contribution < 1.29 is 14.3 Å². The van der Waals surface area contributed by atoms with Crippen molar-refractivity contribution >= 4 is 17.6 Å². The van der Waals surface area contributed by atoms with Gasteiger partial charge in [-0.2, -0.15) is 5.26 Å². The minimum Gasteiger partial charge on any atom is -0.490 e. The van der Waals surface area contributed by atoms with Gasteiger partial charge in [0.15, 0.2) is 17.6 Å². The van der Waals surface area contributed by atoms with E-state index < -0.39 is 6.10 Å². The van der Waals surface area contributed by atoms with E-state index in [-0.39, 0.29) is 5.91 Å². The number of nitriles is 1. The maximum Gasteiger partial charge on any atom is 0.262 e. The first kappa shape index (κ1) is 20.0. The van der Waals surface area contributed by atoms with Crippen molar-refractivity contribution in [3.05, 3.63) is 53.9 Å². The van der Waals surface area contributed by atoms with E-state index in [0.29, 0.717) is 29.4 Å². The number of allylic oxidation sites excluding steroid dienone is 1. The second-order valence-corrected chi connectivity index (χ2v) is 6.02. The summed E-state index contributed by atoms with van der Waals surface area (Å²) in [6.07, 6.45) is 2.75. The predicted octanol–water partition coefficient (Wildman–Crippen LogP) is 3.40. The number of pyridine rings is 1. The molecule has 0 aliphatic heterocycles. The van der Waals surface area contributed by atoms with Crippen LogP contribution in [0.3, 0.4) is 0 Å². The number of aromatic nitrogens is 1. The molecule has 6 nitrogen and oxygen atoms in total. The molecular weight excluding hydrogens is 342 g/mol. The van der Waals surface area contributed by atoms with Crippen LogP contribution in [0.15, 0.2) is 42.6 Å². The maximum absolute atomic E-state index is 12.0. The number of likely N-dealkylation sites (N-methyl/N-ethyl adjacent to an activating group) is 1. The Labute approximate surface area is 159 Å². The van der Waals surface area contributed by atoms with Gasteiger partial charge >= 0.3 is 0 Å². The Hall–Kier alpha value is -3.33. The first-order valence-electron chi connectivity index (χ1n) is 8.64. The average Bonchev–Trinajstić information content (AvgIpc) is 2.68. The van der Waals surface area contributed by atoms with Crippen molar-refractivity contribution in [2.24, 2.45) is 0 Å². The van der Waals surface area contributed by atoms with E-state index in [1.807, 2.05) is 19.1 Å². The molecule has 6 heteroatoms. The SMILES string of the molecule is CCOc1cc(/C=C(\C#N)c2ccccn2)ccc1O[C@H](C)C(=O)N(C)C. The number of carbonyl (C=O) groups excluding carboxylic acids is 1. The zero-order valence-corrected chi connectivity index (χ0v) is 16.0. The van der Waals surface area contributed by atoms with Gasteiger partial charge in [-0.05, 0) is 49.8 Å². The van der Waals surface area contributed by atoms with E-state index in [2.05, 4.69) is 11.1 Å². The molecular formula is C21H23N3O3. The van der Waals surface area contributed by atoms with Gasteiger partial charge in [-0.25, -0.2) is 0 Å². The van der Waals surface area contributed by atoms with Crippen LogP contribution in [0.25, 0.3) is 11.6 Å². The summed E-state index contributed by atoms with van der Waals surface area (Å²) in [7, 11) is 3.36. The third kappa shape index (κ3) is 5.32. The topological polar surface area (TPSA) is 75.5 Å². The lowest BCUT2D eigenvalue weighted by Gasteiger charge is -2.20. The van der Waals surface area contributed by atoms with Crippen molar-refractivity contribution in [2.75, 3.05) is 20.7 Å². The number of nitrogens with zero attached hydrogens (tertiary/aromatic N) is 3. The average molecular weight is 365 g/mol. The molecule has 1 aromatic heterocycles. The molecule has 0 aliphatic carbocycles. The Kier molecular flexibility index (Phi) is 6.95. The number of hydrogen-bond donors (Lipinski definition) is 0. The van der Waals surface area contributed by atoms with Gasteiger partial charge in [0, 0.05) is 20.3 Å². The van der Waals surface area contributed by atoms with Crippen LogP contribution in [0.1, 0.15) is 25.1 Å². The molecule has 2 rings (SSSR count). The highest BCUT2D eigenvalue weighted by Crippen LogP contribution is 2.31. The largest absolute Gasteiger partial charge is 0.490 e. The third-order valence-electron chi connectivity index (χ3n) is 3.73. The minimum atomic E-state index is -0.635. The number of rotatable bonds is 7. The molecule has 0 fully saturated rings. The van der Waals surface area contributed by atoms with Crippen LogP contribution in [0, 0.1) is 11.3 Å². The van der Waals surface area contributed by atoms with Crippen molar-refractivity contribution in [3.8, 4) is 17.6 Å². The summed E-state index contributed by atoms with van der Waals surface area (Å²) in [6.45, 7) is 4.01. The van der Waals surface area contributed by atoms with E-state index in [4.69, 9.17) is 9.47 Å². The molecule has 140 valence electrons. The summed E-state index contributed by atoms with van der Waals surface area (Å²) in [6, 6.07) is 12.9. The maximum atomic E-state index is 12.0. The van der Waals surface area contributed by atoms with Gasteiger partial charge in [-0.15, -0.1) is 0 Å². The standard InChI is InChI=1S/C21H23N3O3/c1-5-26-20-13-16(12-17(14-22)18-8-6-7-11-23-18)9-10-19(20)27-15(2)21(25)24(3)4/h6-13,15H,5H2,1-4H3/b17-12+/t15-/m1/s1. The lowest BCUT2D eigenvalue weighted by atomic mass is 10.1. The Morgan fingerprint density at radius 3 is 2.67 bits per heavy atom. The van der Waals surface area contributed by atoms with Gasteiger partial charge in [0.2, 0.25) is 0 Å². The fourth-order valence-electron chi connectivity index (χ4n) is 2.44. The molecule has 0 saturated heterocycles. The highest BCUT2D eigenvalue weighted by atomic mass is 16.5. The van der Waals surface area contributed by atoms with Gasteiger partial charge in [-0.1, -0.05) is 12.1 Å². The predicted molar refractivity (Wildman–Crippen MR) is 104 cm³/mol. The lowest BCUT2D eigenvalue weighted by Crippen LogP contribution is -2.35. The van der Waals surface area contributed by atoms with Crippen LogP contribution in [0.2, 0.25) is 0 Å². The Morgan fingerprint density at radius 2 is 2.07 bits per heavy atom. The van der Waals surface area contributed by atoms with Crippen LogP contribution in [-0.2, 0) is 4.79 Å². The molecule has 1 atom stereocenters. The molecule has 0 radical (unpaired) electrons. The summed E-state index contributed by atoms with van der Waals surface area (Å²) in [5.74, 6) is 0.861. The number of amides is 1. The summed E-state index contributed by atoms with van der Waals surface area (Å²) < 4.78 is 11.4. The highest BCUT2D eigenvalue weighted by molar-refractivity contribution is 5.88. The second-order valence-electron chi connectivity index (χ2n) is 6.02. The zero-order valence-electron chi connectivity index (χ0n) is 16.0. The van der Waals surface area contributed by atoms with Crippen LogP contribution in [-0.4, -0.2) is 42.6 Å². The smallest absolute Gasteiger partial charge is 0.262 e. The first-order valence-corrected chi connectivity index (χ1v) is 8.64. The number of ether oxygens (including phenoxy) is 2. The summed E-state index contributed by atoms with van der Waals surface area (Å²) in [4.78, 5) is 17.7. The van der Waals surface area contributed by atoms with Crippen molar-refractivity contribution in [2.45, 2.75) is 20.0 Å². The van der Waals surface area contributed by atoms with Crippen LogP contribution in [0.4, 0.5) is 0 Å². The molecule has 0 unspecified atom stereocenters. The van der Waals surface area contributed by atoms with Crippen LogP contribution in [0.5, 0.6) is 11.5 Å². The molecule has 1 heterocycles. The van der Waals surface area contributed by atoms with Gasteiger partial charge < -0.3 is 14.4 Å². The van der Waals surface area contributed by atoms with Crippen molar-refractivity contribution in [1.82, 2.24) is 9.88 Å². The molecule has 0 saturated carbocycles. The van der Waals surface area contributed by atoms with Crippen LogP contribution < -0.4 is 9.47 Å². The third-order valence-corrected chi connectivity index (χ3v) is 3.73. The second kappa shape index (κ2) is 9.39. The number of carbonyl (C=O) groups is 1. The minimum absolute atomic E-state index is 0.136. The lowest BCUT2D eigenvalue weighted by molar-refractivity contribution is -0.135. The Morgan fingerprint density at radius 1 is 1.30 bits per heavy atom. The van der Waals surface area contributed by atoms with Gasteiger partial charge in [-0.3, -0.25) is 9.78 Å². The van der Waals surface area contributed by atoms with E-state index in [1.54, 1.807) is 57.6 Å². The molecule has 0 N–H and O–H groups in total. The summed E-state index contributed by atoms with van der Waals surface area (Å²) in [5, 5.41) is 9.44. The van der Waals surface area contributed by atoms with Crippen molar-refractivity contribution in [3.63, 3.8) is 0 Å². The molecule has 27 heavy (non-hydrogen) atoms. The molecule has 1 aromatic carbocycles. The van der Waals surface area contributed by atoms with Crippen molar-refractivity contribution in [1.29, 1.82) is 5.26 Å². The molecule has 1 amide bonds. The first-order chi connectivity index (χ1) is 13.0. The van der Waals surface area contributed by atoms with E-state index in [9.17, 15) is 10.1 Å². The molecule has 2 aromatic rings. The van der Waals surface area contributed by atoms with E-state index in [1.165, 1.54) is 4.90 Å². The van der Waals surface area contributed by atoms with E-state index >= 15 is 0 Å². The summed E-state index contributed by atoms with van der Waals surface area (Å²) in [5.41, 5.74) is 1.82. The van der Waals surface area contributed by atoms with E-state index in [0.717, 1.165) is 5.56 Å². The fraction of sp³-hybridized carbons (Fsp3) is 0.286. The molecule has 0 aliphatic rings. The molecule has 0 spiro atoms. The zero-order chi connectivity index (χ0) is 19.8. The Balaban J connectivity index is 2.33. The highest BCUT2D eigenvalue weighted by Gasteiger charge is 2.18. The molecule has 0 bridgehead atoms. The summed E-state index contributed by atoms with van der Waals surface area (Å²) >= 11 is 0. The van der Waals surface area contributed by atoms with Gasteiger partial charge in [0.05, 0.1) is 17.9 Å². The number of benzene rings is 1. The van der Waals surface area contributed by atoms with Crippen LogP contribution >= 0.6 is 0 Å². The number of hydrogen-bond acceptors (Lipinski definition) is 5. The monoisotopic (exact) mass is 365 g/mol. The van der Waals surface area contributed by atoms with Gasteiger partial charge in [0.25, 0.3) is 5.91 Å². The quantitative estimate of drug-likeness (QED) is 0.703. The Bertz CT molecular complexity index is 855. The normalized spacial score (nSPS) is 12.0.